The van der Waals surface area contributed by atoms with Crippen molar-refractivity contribution in [2.75, 3.05) is 22.4 Å². The van der Waals surface area contributed by atoms with Crippen LogP contribution in [-0.2, 0) is 10.0 Å². The first-order chi connectivity index (χ1) is 11.0. The summed E-state index contributed by atoms with van der Waals surface area (Å²) >= 11 is 0. The summed E-state index contributed by atoms with van der Waals surface area (Å²) < 4.78 is 31.2. The Morgan fingerprint density at radius 1 is 1.04 bits per heavy atom. The quantitative estimate of drug-likeness (QED) is 0.773. The van der Waals surface area contributed by atoms with Crippen LogP contribution in [0.25, 0.3) is 0 Å². The van der Waals surface area contributed by atoms with Gasteiger partial charge in [-0.1, -0.05) is 6.92 Å². The lowest BCUT2D eigenvalue weighted by molar-refractivity contribution is 0.340. The molecule has 0 unspecified atom stereocenters. The normalized spacial score (nSPS) is 11.0. The minimum atomic E-state index is -3.31. The molecular weight excluding hydrogens is 314 g/mol. The number of sulfonamides is 1. The van der Waals surface area contributed by atoms with Crippen molar-refractivity contribution in [3.05, 3.63) is 42.6 Å². The Hall–Kier alpha value is -2.28. The van der Waals surface area contributed by atoms with Gasteiger partial charge in [0.15, 0.2) is 0 Å². The third-order valence-corrected chi connectivity index (χ3v) is 4.42. The highest BCUT2D eigenvalue weighted by atomic mass is 32.2. The maximum Gasteiger partial charge on any atom is 0.233 e. The van der Waals surface area contributed by atoms with E-state index in [2.05, 4.69) is 15.0 Å². The summed E-state index contributed by atoms with van der Waals surface area (Å²) in [5.41, 5.74) is 1.67. The molecule has 2 aromatic rings. The second-order valence-corrected chi connectivity index (χ2v) is 6.78. The predicted molar refractivity (Wildman–Crippen MR) is 92.8 cm³/mol. The number of nitrogens with zero attached hydrogens (tertiary/aromatic N) is 1. The molecule has 1 heterocycles. The predicted octanol–water partition coefficient (Wildman–Crippen LogP) is 3.38. The van der Waals surface area contributed by atoms with E-state index in [0.29, 0.717) is 18.8 Å². The molecule has 1 aromatic heterocycles. The third-order valence-electron chi connectivity index (χ3n) is 2.95. The van der Waals surface area contributed by atoms with Gasteiger partial charge in [0.05, 0.1) is 24.2 Å². The highest BCUT2D eigenvalue weighted by Gasteiger charge is 2.09. The van der Waals surface area contributed by atoms with E-state index in [1.807, 2.05) is 38.1 Å². The SMILES string of the molecule is CCCS(=O)(=O)Nc1ccc(Nc2ccc(OCC)cc2)cn1. The molecule has 0 spiro atoms. The number of hydrogen-bond donors (Lipinski definition) is 2. The van der Waals surface area contributed by atoms with E-state index in [1.54, 1.807) is 18.3 Å². The minimum absolute atomic E-state index is 0.0842. The monoisotopic (exact) mass is 335 g/mol. The molecule has 0 aliphatic carbocycles. The number of anilines is 3. The number of hydrogen-bond acceptors (Lipinski definition) is 5. The van der Waals surface area contributed by atoms with Crippen LogP contribution in [0.2, 0.25) is 0 Å². The van der Waals surface area contributed by atoms with Crippen molar-refractivity contribution < 1.29 is 13.2 Å². The van der Waals surface area contributed by atoms with Gasteiger partial charge in [-0.2, -0.15) is 0 Å². The van der Waals surface area contributed by atoms with Gasteiger partial charge in [-0.25, -0.2) is 13.4 Å². The van der Waals surface area contributed by atoms with Crippen molar-refractivity contribution in [1.82, 2.24) is 4.98 Å². The molecule has 0 saturated heterocycles. The van der Waals surface area contributed by atoms with Crippen LogP contribution >= 0.6 is 0 Å². The summed E-state index contributed by atoms with van der Waals surface area (Å²) in [4.78, 5) is 4.11. The molecule has 7 heteroatoms. The first kappa shape index (κ1) is 17.1. The minimum Gasteiger partial charge on any atom is -0.494 e. The summed E-state index contributed by atoms with van der Waals surface area (Å²) in [6.07, 6.45) is 2.15. The van der Waals surface area contributed by atoms with Gasteiger partial charge < -0.3 is 10.1 Å². The van der Waals surface area contributed by atoms with Crippen LogP contribution in [0.4, 0.5) is 17.2 Å². The Morgan fingerprint density at radius 2 is 1.74 bits per heavy atom. The lowest BCUT2D eigenvalue weighted by atomic mass is 10.3. The zero-order valence-corrected chi connectivity index (χ0v) is 14.1. The number of aromatic nitrogens is 1. The summed E-state index contributed by atoms with van der Waals surface area (Å²) in [6.45, 7) is 4.39. The number of nitrogens with one attached hydrogen (secondary N) is 2. The first-order valence-electron chi connectivity index (χ1n) is 7.49. The molecule has 0 fully saturated rings. The van der Waals surface area contributed by atoms with Crippen molar-refractivity contribution in [3.8, 4) is 5.75 Å². The Bertz CT molecular complexity index is 713. The van der Waals surface area contributed by atoms with Crippen LogP contribution in [0, 0.1) is 0 Å². The molecular formula is C16H21N3O3S. The maximum atomic E-state index is 11.7. The highest BCUT2D eigenvalue weighted by molar-refractivity contribution is 7.92. The first-order valence-corrected chi connectivity index (χ1v) is 9.14. The van der Waals surface area contributed by atoms with Crippen LogP contribution in [-0.4, -0.2) is 25.8 Å². The van der Waals surface area contributed by atoms with Gasteiger partial charge in [0, 0.05) is 5.69 Å². The van der Waals surface area contributed by atoms with Crippen molar-refractivity contribution in [1.29, 1.82) is 0 Å². The second-order valence-electron chi connectivity index (χ2n) is 4.94. The van der Waals surface area contributed by atoms with E-state index >= 15 is 0 Å². The lowest BCUT2D eigenvalue weighted by Crippen LogP contribution is -2.16. The van der Waals surface area contributed by atoms with E-state index in [9.17, 15) is 8.42 Å². The van der Waals surface area contributed by atoms with Crippen LogP contribution < -0.4 is 14.8 Å². The summed E-state index contributed by atoms with van der Waals surface area (Å²) in [7, 11) is -3.31. The zero-order chi connectivity index (χ0) is 16.7. The average molecular weight is 335 g/mol. The Morgan fingerprint density at radius 3 is 2.30 bits per heavy atom. The lowest BCUT2D eigenvalue weighted by Gasteiger charge is -2.09. The van der Waals surface area contributed by atoms with Crippen molar-refractivity contribution in [2.24, 2.45) is 0 Å². The zero-order valence-electron chi connectivity index (χ0n) is 13.2. The highest BCUT2D eigenvalue weighted by Crippen LogP contribution is 2.20. The maximum absolute atomic E-state index is 11.7. The molecule has 0 amide bonds. The van der Waals surface area contributed by atoms with Crippen LogP contribution in [0.3, 0.4) is 0 Å². The fourth-order valence-corrected chi connectivity index (χ4v) is 3.05. The topological polar surface area (TPSA) is 80.3 Å². The molecule has 0 atom stereocenters. The van der Waals surface area contributed by atoms with Crippen molar-refractivity contribution in [2.45, 2.75) is 20.3 Å². The second kappa shape index (κ2) is 7.82. The van der Waals surface area contributed by atoms with E-state index in [0.717, 1.165) is 17.1 Å². The molecule has 0 bridgehead atoms. The molecule has 0 radical (unpaired) electrons. The smallest absolute Gasteiger partial charge is 0.233 e. The molecule has 0 aliphatic rings. The number of rotatable bonds is 8. The van der Waals surface area contributed by atoms with E-state index in [1.165, 1.54) is 0 Å². The summed E-state index contributed by atoms with van der Waals surface area (Å²) in [5, 5.41) is 3.19. The summed E-state index contributed by atoms with van der Waals surface area (Å²) in [6, 6.07) is 11.0. The van der Waals surface area contributed by atoms with Gasteiger partial charge in [0.2, 0.25) is 10.0 Å². The largest absolute Gasteiger partial charge is 0.494 e. The van der Waals surface area contributed by atoms with Gasteiger partial charge >= 0.3 is 0 Å². The fourth-order valence-electron chi connectivity index (χ4n) is 1.98. The molecule has 23 heavy (non-hydrogen) atoms. The van der Waals surface area contributed by atoms with Gasteiger partial charge in [-0.3, -0.25) is 4.72 Å². The van der Waals surface area contributed by atoms with Gasteiger partial charge in [-0.15, -0.1) is 0 Å². The Balaban J connectivity index is 1.99. The van der Waals surface area contributed by atoms with Crippen LogP contribution in [0.15, 0.2) is 42.6 Å². The molecule has 1 aromatic carbocycles. The number of ether oxygens (including phenoxy) is 1. The molecule has 2 rings (SSSR count). The third kappa shape index (κ3) is 5.45. The molecule has 0 saturated carbocycles. The average Bonchev–Trinajstić information content (AvgIpc) is 2.51. The van der Waals surface area contributed by atoms with Crippen LogP contribution in [0.1, 0.15) is 20.3 Å². The molecule has 6 nitrogen and oxygen atoms in total. The van der Waals surface area contributed by atoms with Crippen LogP contribution in [0.5, 0.6) is 5.75 Å². The van der Waals surface area contributed by atoms with Crippen molar-refractivity contribution >= 4 is 27.2 Å². The molecule has 0 aliphatic heterocycles. The van der Waals surface area contributed by atoms with E-state index in [4.69, 9.17) is 4.74 Å². The summed E-state index contributed by atoms with van der Waals surface area (Å²) in [5.74, 6) is 1.22. The number of pyridine rings is 1. The molecule has 2 N–H and O–H groups in total. The van der Waals surface area contributed by atoms with Crippen molar-refractivity contribution in [3.63, 3.8) is 0 Å². The number of benzene rings is 1. The molecule has 124 valence electrons. The van der Waals surface area contributed by atoms with Gasteiger partial charge in [0.1, 0.15) is 11.6 Å². The van der Waals surface area contributed by atoms with E-state index < -0.39 is 10.0 Å². The Kier molecular flexibility index (Phi) is 5.81. The standard InChI is InChI=1S/C16H21N3O3S/c1-3-11-23(20,21)19-16-10-7-14(12-17-16)18-13-5-8-15(9-6-13)22-4-2/h5-10,12,18H,3-4,11H2,1-2H3,(H,17,19). The fraction of sp³-hybridized carbons (Fsp3) is 0.312. The van der Waals surface area contributed by atoms with E-state index in [-0.39, 0.29) is 5.75 Å². The van der Waals surface area contributed by atoms with Gasteiger partial charge in [0.25, 0.3) is 0 Å². The Labute approximate surface area is 137 Å². The van der Waals surface area contributed by atoms with Gasteiger partial charge in [-0.05, 0) is 49.7 Å².